The molecule has 124 valence electrons. The Labute approximate surface area is 142 Å². The van der Waals surface area contributed by atoms with Gasteiger partial charge < -0.3 is 14.2 Å². The summed E-state index contributed by atoms with van der Waals surface area (Å²) in [5, 5.41) is 9.52. The average Bonchev–Trinajstić information content (AvgIpc) is 2.64. The molecule has 0 spiro atoms. The van der Waals surface area contributed by atoms with Gasteiger partial charge in [-0.2, -0.15) is 5.26 Å². The summed E-state index contributed by atoms with van der Waals surface area (Å²) in [7, 11) is 3.16. The molecule has 0 saturated heterocycles. The van der Waals surface area contributed by atoms with Crippen LogP contribution in [0.3, 0.4) is 0 Å². The first-order valence-electron chi connectivity index (χ1n) is 7.79. The highest BCUT2D eigenvalue weighted by Crippen LogP contribution is 2.31. The van der Waals surface area contributed by atoms with Crippen LogP contribution in [0, 0.1) is 11.3 Å². The van der Waals surface area contributed by atoms with Gasteiger partial charge in [-0.3, -0.25) is 0 Å². The smallest absolute Gasteiger partial charge is 0.161 e. The summed E-state index contributed by atoms with van der Waals surface area (Å²) in [6, 6.07) is 15.4. The summed E-state index contributed by atoms with van der Waals surface area (Å²) in [6.07, 6.45) is 2.79. The second-order valence-corrected chi connectivity index (χ2v) is 5.16. The molecule has 0 atom stereocenters. The Kier molecular flexibility index (Phi) is 6.27. The van der Waals surface area contributed by atoms with E-state index in [0.717, 1.165) is 23.3 Å². The van der Waals surface area contributed by atoms with Crippen molar-refractivity contribution in [2.24, 2.45) is 0 Å². The summed E-state index contributed by atoms with van der Waals surface area (Å²) in [5.41, 5.74) is 2.23. The number of allylic oxidation sites excluding steroid dienone is 1. The van der Waals surface area contributed by atoms with Gasteiger partial charge in [0.1, 0.15) is 5.75 Å². The molecule has 2 aromatic carbocycles. The van der Waals surface area contributed by atoms with Gasteiger partial charge in [-0.05, 0) is 54.0 Å². The SMILES string of the molecule is CCCOc1cccc(/C=C(\C#N)c2ccc(OC)c(OC)c2)c1. The summed E-state index contributed by atoms with van der Waals surface area (Å²) in [6.45, 7) is 2.74. The third kappa shape index (κ3) is 4.30. The van der Waals surface area contributed by atoms with Crippen molar-refractivity contribution in [2.45, 2.75) is 13.3 Å². The van der Waals surface area contributed by atoms with Crippen molar-refractivity contribution in [3.63, 3.8) is 0 Å². The molecular formula is C20H21NO3. The zero-order valence-corrected chi connectivity index (χ0v) is 14.2. The molecule has 0 radical (unpaired) electrons. The Hall–Kier alpha value is -2.93. The van der Waals surface area contributed by atoms with Gasteiger partial charge >= 0.3 is 0 Å². The van der Waals surface area contributed by atoms with Gasteiger partial charge in [-0.25, -0.2) is 0 Å². The molecule has 4 heteroatoms. The fraction of sp³-hybridized carbons (Fsp3) is 0.250. The normalized spacial score (nSPS) is 10.8. The van der Waals surface area contributed by atoms with Gasteiger partial charge in [0.25, 0.3) is 0 Å². The fourth-order valence-electron chi connectivity index (χ4n) is 2.26. The molecule has 0 aliphatic carbocycles. The lowest BCUT2D eigenvalue weighted by molar-refractivity contribution is 0.317. The van der Waals surface area contributed by atoms with Crippen molar-refractivity contribution in [3.8, 4) is 23.3 Å². The molecule has 0 amide bonds. The van der Waals surface area contributed by atoms with Crippen molar-refractivity contribution in [1.29, 1.82) is 5.26 Å². The summed E-state index contributed by atoms with van der Waals surface area (Å²) >= 11 is 0. The molecule has 0 heterocycles. The van der Waals surface area contributed by atoms with E-state index < -0.39 is 0 Å². The third-order valence-electron chi connectivity index (χ3n) is 3.46. The van der Waals surface area contributed by atoms with Gasteiger partial charge in [-0.1, -0.05) is 19.1 Å². The van der Waals surface area contributed by atoms with Crippen LogP contribution in [0.5, 0.6) is 17.2 Å². The van der Waals surface area contributed by atoms with Crippen LogP contribution in [-0.2, 0) is 0 Å². The van der Waals surface area contributed by atoms with E-state index in [4.69, 9.17) is 14.2 Å². The lowest BCUT2D eigenvalue weighted by atomic mass is 10.0. The van der Waals surface area contributed by atoms with E-state index in [0.29, 0.717) is 23.7 Å². The van der Waals surface area contributed by atoms with Crippen LogP contribution in [0.4, 0.5) is 0 Å². The lowest BCUT2D eigenvalue weighted by Gasteiger charge is -2.09. The predicted molar refractivity (Wildman–Crippen MR) is 95.3 cm³/mol. The second-order valence-electron chi connectivity index (χ2n) is 5.16. The largest absolute Gasteiger partial charge is 0.494 e. The molecule has 0 aromatic heterocycles. The number of ether oxygens (including phenoxy) is 3. The Morgan fingerprint density at radius 1 is 1.08 bits per heavy atom. The molecule has 0 fully saturated rings. The van der Waals surface area contributed by atoms with Crippen molar-refractivity contribution in [2.75, 3.05) is 20.8 Å². The monoisotopic (exact) mass is 323 g/mol. The highest BCUT2D eigenvalue weighted by atomic mass is 16.5. The quantitative estimate of drug-likeness (QED) is 0.554. The van der Waals surface area contributed by atoms with Crippen LogP contribution in [-0.4, -0.2) is 20.8 Å². The number of benzene rings is 2. The predicted octanol–water partition coefficient (Wildman–Crippen LogP) is 4.56. The zero-order chi connectivity index (χ0) is 17.4. The number of nitriles is 1. The Morgan fingerprint density at radius 2 is 1.88 bits per heavy atom. The molecular weight excluding hydrogens is 302 g/mol. The Bertz CT molecular complexity index is 760. The van der Waals surface area contributed by atoms with Gasteiger partial charge in [0.05, 0.1) is 32.5 Å². The van der Waals surface area contributed by atoms with Crippen LogP contribution < -0.4 is 14.2 Å². The van der Waals surface area contributed by atoms with Crippen LogP contribution in [0.15, 0.2) is 42.5 Å². The van der Waals surface area contributed by atoms with E-state index in [1.54, 1.807) is 26.4 Å². The Balaban J connectivity index is 2.34. The van der Waals surface area contributed by atoms with Gasteiger partial charge in [0, 0.05) is 0 Å². The van der Waals surface area contributed by atoms with Gasteiger partial charge in [0.2, 0.25) is 0 Å². The summed E-state index contributed by atoms with van der Waals surface area (Å²) < 4.78 is 16.2. The van der Waals surface area contributed by atoms with Crippen molar-refractivity contribution in [3.05, 3.63) is 53.6 Å². The van der Waals surface area contributed by atoms with E-state index in [1.165, 1.54) is 0 Å². The number of hydrogen-bond acceptors (Lipinski definition) is 4. The first-order chi connectivity index (χ1) is 11.7. The van der Waals surface area contributed by atoms with E-state index in [9.17, 15) is 5.26 Å². The number of rotatable bonds is 7. The van der Waals surface area contributed by atoms with E-state index >= 15 is 0 Å². The first-order valence-corrected chi connectivity index (χ1v) is 7.79. The average molecular weight is 323 g/mol. The lowest BCUT2D eigenvalue weighted by Crippen LogP contribution is -1.95. The van der Waals surface area contributed by atoms with Crippen LogP contribution in [0.1, 0.15) is 24.5 Å². The third-order valence-corrected chi connectivity index (χ3v) is 3.46. The van der Waals surface area contributed by atoms with Crippen molar-refractivity contribution in [1.82, 2.24) is 0 Å². The zero-order valence-electron chi connectivity index (χ0n) is 14.2. The molecule has 2 rings (SSSR count). The molecule has 24 heavy (non-hydrogen) atoms. The van der Waals surface area contributed by atoms with Crippen LogP contribution in [0.25, 0.3) is 11.6 Å². The van der Waals surface area contributed by atoms with Crippen LogP contribution >= 0.6 is 0 Å². The molecule has 4 nitrogen and oxygen atoms in total. The van der Waals surface area contributed by atoms with Gasteiger partial charge in [-0.15, -0.1) is 0 Å². The maximum absolute atomic E-state index is 9.52. The molecule has 2 aromatic rings. The number of hydrogen-bond donors (Lipinski definition) is 0. The summed E-state index contributed by atoms with van der Waals surface area (Å²) in [4.78, 5) is 0. The Morgan fingerprint density at radius 3 is 2.54 bits per heavy atom. The minimum atomic E-state index is 0.545. The van der Waals surface area contributed by atoms with Crippen molar-refractivity contribution >= 4 is 11.6 Å². The molecule has 0 unspecified atom stereocenters. The molecule has 0 N–H and O–H groups in total. The number of methoxy groups -OCH3 is 2. The molecule has 0 bridgehead atoms. The highest BCUT2D eigenvalue weighted by molar-refractivity contribution is 5.90. The summed E-state index contributed by atoms with van der Waals surface area (Å²) in [5.74, 6) is 2.03. The van der Waals surface area contributed by atoms with E-state index in [1.807, 2.05) is 36.4 Å². The topological polar surface area (TPSA) is 51.5 Å². The maximum Gasteiger partial charge on any atom is 0.161 e. The fourth-order valence-corrected chi connectivity index (χ4v) is 2.26. The van der Waals surface area contributed by atoms with Gasteiger partial charge in [0.15, 0.2) is 11.5 Å². The van der Waals surface area contributed by atoms with Crippen LogP contribution in [0.2, 0.25) is 0 Å². The minimum absolute atomic E-state index is 0.545. The highest BCUT2D eigenvalue weighted by Gasteiger charge is 2.08. The molecule has 0 saturated carbocycles. The number of nitrogens with zero attached hydrogens (tertiary/aromatic N) is 1. The van der Waals surface area contributed by atoms with E-state index in [-0.39, 0.29) is 0 Å². The standard InChI is InChI=1S/C20H21NO3/c1-4-10-24-18-7-5-6-15(12-18)11-17(14-21)16-8-9-19(22-2)20(13-16)23-3/h5-9,11-13H,4,10H2,1-3H3/b17-11+. The first kappa shape index (κ1) is 17.4. The molecule has 0 aliphatic heterocycles. The maximum atomic E-state index is 9.52. The van der Waals surface area contributed by atoms with E-state index in [2.05, 4.69) is 13.0 Å². The minimum Gasteiger partial charge on any atom is -0.494 e. The van der Waals surface area contributed by atoms with Crippen molar-refractivity contribution < 1.29 is 14.2 Å². The second kappa shape index (κ2) is 8.64. The molecule has 0 aliphatic rings.